The van der Waals surface area contributed by atoms with Gasteiger partial charge in [-0.1, -0.05) is 17.7 Å². The van der Waals surface area contributed by atoms with Gasteiger partial charge in [0, 0.05) is 29.3 Å². The molecular formula is C15H20ClN3. The Morgan fingerprint density at radius 3 is 2.79 bits per heavy atom. The van der Waals surface area contributed by atoms with Crippen molar-refractivity contribution in [3.05, 3.63) is 28.8 Å². The molecule has 1 saturated carbocycles. The molecule has 1 aromatic carbocycles. The molecule has 0 bridgehead atoms. The van der Waals surface area contributed by atoms with Crippen molar-refractivity contribution >= 4 is 17.3 Å². The minimum atomic E-state index is 0.245. The number of benzene rings is 1. The molecule has 0 aliphatic heterocycles. The fraction of sp³-hybridized carbons (Fsp3) is 0.533. The average molecular weight is 278 g/mol. The molecule has 102 valence electrons. The van der Waals surface area contributed by atoms with Crippen LogP contribution >= 0.6 is 11.6 Å². The van der Waals surface area contributed by atoms with Gasteiger partial charge >= 0.3 is 0 Å². The quantitative estimate of drug-likeness (QED) is 0.865. The molecular weight excluding hydrogens is 258 g/mol. The van der Waals surface area contributed by atoms with Crippen LogP contribution in [-0.4, -0.2) is 19.6 Å². The Kier molecular flexibility index (Phi) is 4.68. The van der Waals surface area contributed by atoms with Crippen LogP contribution in [-0.2, 0) is 0 Å². The van der Waals surface area contributed by atoms with Crippen LogP contribution in [0.3, 0.4) is 0 Å². The van der Waals surface area contributed by atoms with Gasteiger partial charge < -0.3 is 10.2 Å². The summed E-state index contributed by atoms with van der Waals surface area (Å²) in [6.07, 6.45) is 3.00. The Hall–Kier alpha value is -1.24. The predicted molar refractivity (Wildman–Crippen MR) is 79.5 cm³/mol. The lowest BCUT2D eigenvalue weighted by molar-refractivity contribution is 0.652. The highest BCUT2D eigenvalue weighted by Gasteiger charge is 2.29. The zero-order valence-corrected chi connectivity index (χ0v) is 12.2. The van der Waals surface area contributed by atoms with Gasteiger partial charge in [0.2, 0.25) is 0 Å². The van der Waals surface area contributed by atoms with Gasteiger partial charge in [-0.25, -0.2) is 0 Å². The van der Waals surface area contributed by atoms with Crippen molar-refractivity contribution in [3.8, 4) is 6.07 Å². The third-order valence-electron chi connectivity index (χ3n) is 3.67. The molecule has 0 amide bonds. The molecule has 1 aliphatic carbocycles. The summed E-state index contributed by atoms with van der Waals surface area (Å²) < 4.78 is 0. The van der Waals surface area contributed by atoms with E-state index in [1.54, 1.807) is 0 Å². The second kappa shape index (κ2) is 6.27. The standard InChI is InChI=1S/C15H20ClN3/c1-11(18-2)14-7-6-13(10-15(14)16)19(9-3-8-17)12-4-5-12/h6-7,10-12,18H,3-5,9H2,1-2H3. The minimum Gasteiger partial charge on any atom is -0.367 e. The molecule has 0 heterocycles. The van der Waals surface area contributed by atoms with Gasteiger partial charge in [-0.3, -0.25) is 0 Å². The Morgan fingerprint density at radius 1 is 1.53 bits per heavy atom. The van der Waals surface area contributed by atoms with Crippen LogP contribution in [0.1, 0.15) is 37.8 Å². The SMILES string of the molecule is CNC(C)c1ccc(N(CCC#N)C2CC2)cc1Cl. The summed E-state index contributed by atoms with van der Waals surface area (Å²) >= 11 is 6.37. The van der Waals surface area contributed by atoms with Crippen molar-refractivity contribution in [3.63, 3.8) is 0 Å². The molecule has 4 heteroatoms. The number of nitrogens with zero attached hydrogens (tertiary/aromatic N) is 2. The van der Waals surface area contributed by atoms with Crippen molar-refractivity contribution in [2.45, 2.75) is 38.3 Å². The fourth-order valence-electron chi connectivity index (χ4n) is 2.28. The van der Waals surface area contributed by atoms with E-state index in [-0.39, 0.29) is 6.04 Å². The number of hydrogen-bond donors (Lipinski definition) is 1. The largest absolute Gasteiger partial charge is 0.367 e. The van der Waals surface area contributed by atoms with Crippen LogP contribution in [0.2, 0.25) is 5.02 Å². The Balaban J connectivity index is 2.19. The highest BCUT2D eigenvalue weighted by molar-refractivity contribution is 6.31. The molecule has 19 heavy (non-hydrogen) atoms. The van der Waals surface area contributed by atoms with Gasteiger partial charge in [-0.2, -0.15) is 5.26 Å². The van der Waals surface area contributed by atoms with Crippen molar-refractivity contribution in [1.82, 2.24) is 5.32 Å². The zero-order valence-electron chi connectivity index (χ0n) is 11.5. The molecule has 0 saturated heterocycles. The Labute approximate surface area is 120 Å². The van der Waals surface area contributed by atoms with Crippen LogP contribution in [0.4, 0.5) is 5.69 Å². The lowest BCUT2D eigenvalue weighted by atomic mass is 10.1. The Morgan fingerprint density at radius 2 is 2.26 bits per heavy atom. The topological polar surface area (TPSA) is 39.1 Å². The van der Waals surface area contributed by atoms with Gasteiger partial charge in [0.15, 0.2) is 0 Å². The number of nitriles is 1. The van der Waals surface area contributed by atoms with Crippen LogP contribution in [0.5, 0.6) is 0 Å². The van der Waals surface area contributed by atoms with Crippen molar-refractivity contribution in [2.75, 3.05) is 18.5 Å². The summed E-state index contributed by atoms with van der Waals surface area (Å²) in [7, 11) is 1.93. The first-order valence-corrected chi connectivity index (χ1v) is 7.15. The van der Waals surface area contributed by atoms with E-state index in [9.17, 15) is 0 Å². The van der Waals surface area contributed by atoms with Gasteiger partial charge in [0.1, 0.15) is 0 Å². The third-order valence-corrected chi connectivity index (χ3v) is 3.99. The summed E-state index contributed by atoms with van der Waals surface area (Å²) in [5.41, 5.74) is 2.25. The summed E-state index contributed by atoms with van der Waals surface area (Å²) in [5, 5.41) is 12.7. The van der Waals surface area contributed by atoms with E-state index in [1.165, 1.54) is 12.8 Å². The molecule has 1 atom stereocenters. The highest BCUT2D eigenvalue weighted by atomic mass is 35.5. The van der Waals surface area contributed by atoms with E-state index >= 15 is 0 Å². The number of halogens is 1. The van der Waals surface area contributed by atoms with E-state index in [4.69, 9.17) is 16.9 Å². The second-order valence-electron chi connectivity index (χ2n) is 5.05. The van der Waals surface area contributed by atoms with Gasteiger partial charge in [-0.05, 0) is 44.5 Å². The van der Waals surface area contributed by atoms with Gasteiger partial charge in [0.25, 0.3) is 0 Å². The van der Waals surface area contributed by atoms with Crippen molar-refractivity contribution < 1.29 is 0 Å². The fourth-order valence-corrected chi connectivity index (χ4v) is 2.62. The van der Waals surface area contributed by atoms with Crippen molar-refractivity contribution in [2.24, 2.45) is 0 Å². The smallest absolute Gasteiger partial charge is 0.0640 e. The molecule has 1 aromatic rings. The summed E-state index contributed by atoms with van der Waals surface area (Å²) in [6.45, 7) is 2.88. The maximum Gasteiger partial charge on any atom is 0.0640 e. The van der Waals surface area contributed by atoms with Crippen LogP contribution < -0.4 is 10.2 Å². The molecule has 0 spiro atoms. The maximum atomic E-state index is 8.76. The number of anilines is 1. The normalized spacial score (nSPS) is 15.9. The van der Waals surface area contributed by atoms with E-state index in [2.05, 4.69) is 35.3 Å². The second-order valence-corrected chi connectivity index (χ2v) is 5.46. The number of hydrogen-bond acceptors (Lipinski definition) is 3. The molecule has 0 radical (unpaired) electrons. The molecule has 0 aromatic heterocycles. The number of nitrogens with one attached hydrogen (secondary N) is 1. The minimum absolute atomic E-state index is 0.245. The molecule has 2 rings (SSSR count). The van der Waals surface area contributed by atoms with E-state index in [0.29, 0.717) is 12.5 Å². The molecule has 3 nitrogen and oxygen atoms in total. The molecule has 1 fully saturated rings. The average Bonchev–Trinajstić information content (AvgIpc) is 3.23. The first kappa shape index (κ1) is 14.2. The predicted octanol–water partition coefficient (Wildman–Crippen LogP) is 3.50. The van der Waals surface area contributed by atoms with E-state index in [1.807, 2.05) is 13.1 Å². The highest BCUT2D eigenvalue weighted by Crippen LogP contribution is 2.34. The summed E-state index contributed by atoms with van der Waals surface area (Å²) in [6, 6.07) is 9.29. The van der Waals surface area contributed by atoms with E-state index in [0.717, 1.165) is 22.8 Å². The molecule has 1 N–H and O–H groups in total. The Bertz CT molecular complexity index is 477. The molecule has 1 aliphatic rings. The maximum absolute atomic E-state index is 8.76. The monoisotopic (exact) mass is 277 g/mol. The van der Waals surface area contributed by atoms with Gasteiger partial charge in [0.05, 0.1) is 12.5 Å². The lowest BCUT2D eigenvalue weighted by Gasteiger charge is -2.25. The molecule has 1 unspecified atom stereocenters. The lowest BCUT2D eigenvalue weighted by Crippen LogP contribution is -2.26. The van der Waals surface area contributed by atoms with Crippen LogP contribution in [0.15, 0.2) is 18.2 Å². The number of rotatable bonds is 6. The van der Waals surface area contributed by atoms with Crippen LogP contribution in [0, 0.1) is 11.3 Å². The zero-order chi connectivity index (χ0) is 13.8. The van der Waals surface area contributed by atoms with Crippen LogP contribution in [0.25, 0.3) is 0 Å². The van der Waals surface area contributed by atoms with E-state index < -0.39 is 0 Å². The summed E-state index contributed by atoms with van der Waals surface area (Å²) in [5.74, 6) is 0. The third kappa shape index (κ3) is 3.40. The van der Waals surface area contributed by atoms with Gasteiger partial charge in [-0.15, -0.1) is 0 Å². The van der Waals surface area contributed by atoms with Crippen molar-refractivity contribution in [1.29, 1.82) is 5.26 Å². The first-order chi connectivity index (χ1) is 9.17. The summed E-state index contributed by atoms with van der Waals surface area (Å²) in [4.78, 5) is 2.31. The first-order valence-electron chi connectivity index (χ1n) is 6.77.